The Morgan fingerprint density at radius 3 is 2.78 bits per heavy atom. The van der Waals surface area contributed by atoms with Crippen molar-refractivity contribution in [1.82, 2.24) is 9.55 Å². The van der Waals surface area contributed by atoms with Crippen molar-refractivity contribution in [1.29, 1.82) is 0 Å². The van der Waals surface area contributed by atoms with E-state index in [1.807, 2.05) is 18.9 Å². The summed E-state index contributed by atoms with van der Waals surface area (Å²) < 4.78 is 1.78. The Balaban J connectivity index is 2.41. The van der Waals surface area contributed by atoms with Gasteiger partial charge in [0.1, 0.15) is 0 Å². The van der Waals surface area contributed by atoms with Crippen molar-refractivity contribution in [3.63, 3.8) is 0 Å². The first-order valence-electron chi connectivity index (χ1n) is 6.11. The van der Waals surface area contributed by atoms with E-state index in [0.29, 0.717) is 11.6 Å². The molecule has 0 bridgehead atoms. The van der Waals surface area contributed by atoms with Crippen molar-refractivity contribution in [3.8, 4) is 0 Å². The highest BCUT2D eigenvalue weighted by Crippen LogP contribution is 2.32. The van der Waals surface area contributed by atoms with E-state index in [-0.39, 0.29) is 17.9 Å². The van der Waals surface area contributed by atoms with Gasteiger partial charge in [0, 0.05) is 32.6 Å². The highest BCUT2D eigenvalue weighted by molar-refractivity contribution is 5.56. The number of aromatic nitrogens is 2. The summed E-state index contributed by atoms with van der Waals surface area (Å²) in [7, 11) is 1.81. The zero-order valence-electron chi connectivity index (χ0n) is 11.0. The molecule has 0 amide bonds. The first-order chi connectivity index (χ1) is 8.41. The third-order valence-electron chi connectivity index (χ3n) is 3.63. The van der Waals surface area contributed by atoms with Gasteiger partial charge in [-0.15, -0.1) is 0 Å². The highest BCUT2D eigenvalue weighted by atomic mass is 16.6. The van der Waals surface area contributed by atoms with E-state index in [4.69, 9.17) is 5.73 Å². The van der Waals surface area contributed by atoms with Crippen LogP contribution in [0.15, 0.2) is 0 Å². The number of aryl methyl sites for hydroxylation is 1. The standard InChI is InChI=1S/C11H19N5O2/c1-7-6-9(12)4-5-15(7)11-10(16(17)18)13-8(2)14(11)3/h7,9H,4-6,12H2,1-3H3. The fourth-order valence-corrected chi connectivity index (χ4v) is 2.55. The van der Waals surface area contributed by atoms with E-state index < -0.39 is 4.92 Å². The van der Waals surface area contributed by atoms with E-state index in [9.17, 15) is 10.1 Å². The molecule has 0 aromatic carbocycles. The van der Waals surface area contributed by atoms with Crippen LogP contribution in [0.5, 0.6) is 0 Å². The number of nitro groups is 1. The Hall–Kier alpha value is -1.63. The Kier molecular flexibility index (Phi) is 3.25. The summed E-state index contributed by atoms with van der Waals surface area (Å²) in [5.41, 5.74) is 5.92. The maximum absolute atomic E-state index is 11.1. The molecule has 18 heavy (non-hydrogen) atoms. The molecule has 2 unspecified atom stereocenters. The molecule has 1 aliphatic rings. The lowest BCUT2D eigenvalue weighted by molar-refractivity contribution is -0.388. The molecule has 1 aromatic rings. The second kappa shape index (κ2) is 4.56. The number of nitrogens with two attached hydrogens (primary N) is 1. The van der Waals surface area contributed by atoms with Crippen LogP contribution in [0, 0.1) is 17.0 Å². The number of anilines is 1. The van der Waals surface area contributed by atoms with Crippen LogP contribution in [0.1, 0.15) is 25.6 Å². The van der Waals surface area contributed by atoms with Crippen LogP contribution in [0.25, 0.3) is 0 Å². The fourth-order valence-electron chi connectivity index (χ4n) is 2.55. The lowest BCUT2D eigenvalue weighted by Crippen LogP contribution is -2.46. The Morgan fingerprint density at radius 1 is 1.56 bits per heavy atom. The molecule has 7 nitrogen and oxygen atoms in total. The van der Waals surface area contributed by atoms with Gasteiger partial charge in [-0.05, 0) is 29.7 Å². The molecule has 2 rings (SSSR count). The molecule has 100 valence electrons. The van der Waals surface area contributed by atoms with Gasteiger partial charge in [0.15, 0.2) is 0 Å². The van der Waals surface area contributed by atoms with Crippen molar-refractivity contribution in [3.05, 3.63) is 15.9 Å². The van der Waals surface area contributed by atoms with E-state index in [1.54, 1.807) is 11.5 Å². The van der Waals surface area contributed by atoms with Crippen molar-refractivity contribution >= 4 is 11.6 Å². The maximum atomic E-state index is 11.1. The van der Waals surface area contributed by atoms with Crippen LogP contribution in [0.4, 0.5) is 11.6 Å². The number of hydrogen-bond acceptors (Lipinski definition) is 5. The normalized spacial score (nSPS) is 24.3. The molecule has 0 spiro atoms. The summed E-state index contributed by atoms with van der Waals surface area (Å²) in [5.74, 6) is 1.19. The third kappa shape index (κ3) is 2.05. The molecule has 1 aliphatic heterocycles. The number of nitrogens with zero attached hydrogens (tertiary/aromatic N) is 4. The Morgan fingerprint density at radius 2 is 2.22 bits per heavy atom. The Bertz CT molecular complexity index is 470. The van der Waals surface area contributed by atoms with Crippen molar-refractivity contribution in [2.24, 2.45) is 12.8 Å². The van der Waals surface area contributed by atoms with Crippen molar-refractivity contribution in [2.75, 3.05) is 11.4 Å². The van der Waals surface area contributed by atoms with Gasteiger partial charge < -0.3 is 20.7 Å². The van der Waals surface area contributed by atoms with Gasteiger partial charge in [-0.25, -0.2) is 0 Å². The average Bonchev–Trinajstić information content (AvgIpc) is 2.57. The molecule has 0 saturated carbocycles. The summed E-state index contributed by atoms with van der Waals surface area (Å²) >= 11 is 0. The second-order valence-corrected chi connectivity index (χ2v) is 4.95. The number of imidazole rings is 1. The summed E-state index contributed by atoms with van der Waals surface area (Å²) in [6.45, 7) is 4.56. The first-order valence-corrected chi connectivity index (χ1v) is 6.11. The van der Waals surface area contributed by atoms with Gasteiger partial charge in [-0.2, -0.15) is 0 Å². The average molecular weight is 253 g/mol. The second-order valence-electron chi connectivity index (χ2n) is 4.95. The first kappa shape index (κ1) is 12.8. The summed E-state index contributed by atoms with van der Waals surface area (Å²) in [6.07, 6.45) is 1.70. The van der Waals surface area contributed by atoms with Crippen LogP contribution >= 0.6 is 0 Å². The lowest BCUT2D eigenvalue weighted by Gasteiger charge is -2.37. The van der Waals surface area contributed by atoms with Crippen LogP contribution < -0.4 is 10.6 Å². The number of hydrogen-bond donors (Lipinski definition) is 1. The zero-order valence-corrected chi connectivity index (χ0v) is 11.0. The SMILES string of the molecule is Cc1nc([N+](=O)[O-])c(N2CCC(N)CC2C)n1C. The summed E-state index contributed by atoms with van der Waals surface area (Å²) in [6, 6.07) is 0.381. The largest absolute Gasteiger partial charge is 0.406 e. The molecule has 2 heterocycles. The molecular weight excluding hydrogens is 234 g/mol. The van der Waals surface area contributed by atoms with Gasteiger partial charge in [0.05, 0.1) is 0 Å². The van der Waals surface area contributed by atoms with E-state index in [2.05, 4.69) is 4.98 Å². The molecule has 0 radical (unpaired) electrons. The van der Waals surface area contributed by atoms with Crippen molar-refractivity contribution in [2.45, 2.75) is 38.8 Å². The number of piperidine rings is 1. The fraction of sp³-hybridized carbons (Fsp3) is 0.727. The van der Waals surface area contributed by atoms with Crippen LogP contribution in [0.2, 0.25) is 0 Å². The maximum Gasteiger partial charge on any atom is 0.406 e. The molecular formula is C11H19N5O2. The Labute approximate surface area is 106 Å². The van der Waals surface area contributed by atoms with Crippen LogP contribution in [-0.4, -0.2) is 33.1 Å². The van der Waals surface area contributed by atoms with Crippen LogP contribution in [0.3, 0.4) is 0 Å². The van der Waals surface area contributed by atoms with Gasteiger partial charge in [-0.1, -0.05) is 0 Å². The van der Waals surface area contributed by atoms with E-state index in [1.165, 1.54) is 0 Å². The molecule has 2 N–H and O–H groups in total. The molecule has 0 aliphatic carbocycles. The van der Waals surface area contributed by atoms with Crippen molar-refractivity contribution < 1.29 is 4.92 Å². The smallest absolute Gasteiger partial charge is 0.358 e. The molecule has 7 heteroatoms. The minimum atomic E-state index is -0.413. The van der Waals surface area contributed by atoms with Gasteiger partial charge in [0.2, 0.25) is 11.6 Å². The lowest BCUT2D eigenvalue weighted by atomic mass is 9.99. The molecule has 2 atom stereocenters. The summed E-state index contributed by atoms with van der Waals surface area (Å²) in [4.78, 5) is 16.7. The minimum Gasteiger partial charge on any atom is -0.358 e. The topological polar surface area (TPSA) is 90.2 Å². The molecule has 1 saturated heterocycles. The summed E-state index contributed by atoms with van der Waals surface area (Å²) in [5, 5.41) is 11.1. The third-order valence-corrected chi connectivity index (χ3v) is 3.63. The van der Waals surface area contributed by atoms with Gasteiger partial charge >= 0.3 is 5.82 Å². The highest BCUT2D eigenvalue weighted by Gasteiger charge is 2.33. The monoisotopic (exact) mass is 253 g/mol. The predicted molar refractivity (Wildman–Crippen MR) is 68.6 cm³/mol. The minimum absolute atomic E-state index is 0.0580. The van der Waals surface area contributed by atoms with Gasteiger partial charge in [-0.3, -0.25) is 4.57 Å². The zero-order chi connectivity index (χ0) is 13.4. The molecule has 1 fully saturated rings. The van der Waals surface area contributed by atoms with E-state index in [0.717, 1.165) is 19.4 Å². The predicted octanol–water partition coefficient (Wildman–Crippen LogP) is 0.953. The van der Waals surface area contributed by atoms with Gasteiger partial charge in [0.25, 0.3) is 0 Å². The quantitative estimate of drug-likeness (QED) is 0.626. The van der Waals surface area contributed by atoms with E-state index >= 15 is 0 Å². The number of rotatable bonds is 2. The molecule has 1 aromatic heterocycles. The van der Waals surface area contributed by atoms with Crippen LogP contribution in [-0.2, 0) is 7.05 Å².